The maximum absolute atomic E-state index is 5.89. The van der Waals surface area contributed by atoms with Gasteiger partial charge in [0.15, 0.2) is 0 Å². The van der Waals surface area contributed by atoms with E-state index in [0.717, 1.165) is 24.8 Å². The fourth-order valence-corrected chi connectivity index (χ4v) is 3.72. The van der Waals surface area contributed by atoms with E-state index in [1.54, 1.807) is 0 Å². The lowest BCUT2D eigenvalue weighted by atomic mass is 9.56. The van der Waals surface area contributed by atoms with Crippen molar-refractivity contribution in [2.24, 2.45) is 11.8 Å². The van der Waals surface area contributed by atoms with E-state index in [9.17, 15) is 0 Å². The summed E-state index contributed by atoms with van der Waals surface area (Å²) in [5, 5.41) is 3.63. The van der Waals surface area contributed by atoms with Crippen LogP contribution in [-0.2, 0) is 0 Å². The smallest absolute Gasteiger partial charge is 0.122 e. The van der Waals surface area contributed by atoms with Crippen LogP contribution < -0.4 is 10.1 Å². The maximum Gasteiger partial charge on any atom is 0.122 e. The Morgan fingerprint density at radius 2 is 2.12 bits per heavy atom. The van der Waals surface area contributed by atoms with Gasteiger partial charge in [-0.15, -0.1) is 0 Å². The van der Waals surface area contributed by atoms with E-state index in [-0.39, 0.29) is 0 Å². The number of hydrogen-bond acceptors (Lipinski definition) is 2. The van der Waals surface area contributed by atoms with Crippen LogP contribution in [0.3, 0.4) is 0 Å². The highest BCUT2D eigenvalue weighted by Crippen LogP contribution is 2.54. The number of rotatable bonds is 3. The van der Waals surface area contributed by atoms with E-state index in [1.807, 2.05) is 0 Å². The molecule has 0 saturated heterocycles. The molecule has 17 heavy (non-hydrogen) atoms. The van der Waals surface area contributed by atoms with Crippen LogP contribution in [0.5, 0.6) is 5.75 Å². The van der Waals surface area contributed by atoms with Gasteiger partial charge >= 0.3 is 0 Å². The fraction of sp³-hybridized carbons (Fsp3) is 0.600. The Balaban J connectivity index is 1.89. The highest BCUT2D eigenvalue weighted by atomic mass is 16.5. The molecule has 2 heteroatoms. The third-order valence-corrected chi connectivity index (χ3v) is 4.47. The summed E-state index contributed by atoms with van der Waals surface area (Å²) in [6.07, 6.45) is 1.26. The lowest BCUT2D eigenvalue weighted by Crippen LogP contribution is -2.60. The second kappa shape index (κ2) is 4.34. The first-order valence-electron chi connectivity index (χ1n) is 6.82. The average molecular weight is 231 g/mol. The lowest BCUT2D eigenvalue weighted by Gasteiger charge is -2.55. The summed E-state index contributed by atoms with van der Waals surface area (Å²) in [4.78, 5) is 0. The third-order valence-electron chi connectivity index (χ3n) is 4.47. The zero-order valence-electron chi connectivity index (χ0n) is 10.6. The van der Waals surface area contributed by atoms with Crippen LogP contribution in [0.4, 0.5) is 0 Å². The van der Waals surface area contributed by atoms with Crippen molar-refractivity contribution in [3.8, 4) is 5.75 Å². The molecule has 4 unspecified atom stereocenters. The van der Waals surface area contributed by atoms with Crippen molar-refractivity contribution >= 4 is 0 Å². The minimum absolute atomic E-state index is 0.656. The van der Waals surface area contributed by atoms with Gasteiger partial charge in [-0.3, -0.25) is 0 Å². The molecule has 1 N–H and O–H groups in total. The van der Waals surface area contributed by atoms with E-state index in [4.69, 9.17) is 4.74 Å². The molecule has 0 bridgehead atoms. The quantitative estimate of drug-likeness (QED) is 0.863. The second-order valence-corrected chi connectivity index (χ2v) is 5.19. The minimum atomic E-state index is 0.656. The molecule has 1 aromatic rings. The molecule has 1 fully saturated rings. The van der Waals surface area contributed by atoms with Crippen molar-refractivity contribution in [1.29, 1.82) is 0 Å². The Morgan fingerprint density at radius 3 is 2.88 bits per heavy atom. The van der Waals surface area contributed by atoms with Gasteiger partial charge < -0.3 is 10.1 Å². The summed E-state index contributed by atoms with van der Waals surface area (Å²) >= 11 is 0. The molecule has 0 amide bonds. The van der Waals surface area contributed by atoms with Crippen molar-refractivity contribution in [1.82, 2.24) is 5.32 Å². The van der Waals surface area contributed by atoms with Crippen LogP contribution in [0.1, 0.15) is 31.7 Å². The molecule has 0 radical (unpaired) electrons. The molecule has 0 aromatic heterocycles. The van der Waals surface area contributed by atoms with Gasteiger partial charge in [0.25, 0.3) is 0 Å². The Bertz CT molecular complexity index is 404. The summed E-state index contributed by atoms with van der Waals surface area (Å²) in [6.45, 7) is 6.45. The molecule has 1 heterocycles. The summed E-state index contributed by atoms with van der Waals surface area (Å²) < 4.78 is 5.89. The molecule has 2 aliphatic rings. The number of benzene rings is 1. The van der Waals surface area contributed by atoms with Crippen LogP contribution >= 0.6 is 0 Å². The third kappa shape index (κ3) is 1.58. The molecule has 92 valence electrons. The summed E-state index contributed by atoms with van der Waals surface area (Å²) in [6, 6.07) is 9.22. The van der Waals surface area contributed by atoms with E-state index < -0.39 is 0 Å². The highest BCUT2D eigenvalue weighted by Gasteiger charge is 2.52. The van der Waals surface area contributed by atoms with Gasteiger partial charge in [0.05, 0.1) is 6.61 Å². The number of hydrogen-bond donors (Lipinski definition) is 1. The van der Waals surface area contributed by atoms with E-state index in [2.05, 4.69) is 43.4 Å². The standard InChI is InChI=1S/C15H21NO/c1-3-10-14-11-7-5-6-8-13(11)17-9-12(14)15(10)16-4-2/h5-8,10,12,14-16H,3-4,9H2,1-2H3. The number of para-hydroxylation sites is 1. The largest absolute Gasteiger partial charge is 0.493 e. The van der Waals surface area contributed by atoms with Crippen LogP contribution in [0.15, 0.2) is 24.3 Å². The van der Waals surface area contributed by atoms with Gasteiger partial charge in [-0.1, -0.05) is 38.5 Å². The first kappa shape index (κ1) is 11.1. The van der Waals surface area contributed by atoms with E-state index >= 15 is 0 Å². The second-order valence-electron chi connectivity index (χ2n) is 5.19. The average Bonchev–Trinajstić information content (AvgIpc) is 2.36. The lowest BCUT2D eigenvalue weighted by molar-refractivity contribution is 0.00995. The molecule has 1 aliphatic heterocycles. The zero-order valence-corrected chi connectivity index (χ0v) is 10.6. The van der Waals surface area contributed by atoms with Gasteiger partial charge in [-0.25, -0.2) is 0 Å². The van der Waals surface area contributed by atoms with E-state index in [1.165, 1.54) is 12.0 Å². The van der Waals surface area contributed by atoms with Gasteiger partial charge in [0.1, 0.15) is 5.75 Å². The Kier molecular flexibility index (Phi) is 2.83. The molecular formula is C15H21NO. The summed E-state index contributed by atoms with van der Waals surface area (Å²) in [5.41, 5.74) is 1.43. The molecule has 1 saturated carbocycles. The topological polar surface area (TPSA) is 21.3 Å². The van der Waals surface area contributed by atoms with Crippen molar-refractivity contribution in [2.45, 2.75) is 32.2 Å². The van der Waals surface area contributed by atoms with Crippen LogP contribution in [0.25, 0.3) is 0 Å². The van der Waals surface area contributed by atoms with Crippen LogP contribution in [0.2, 0.25) is 0 Å². The molecule has 3 rings (SSSR count). The fourth-order valence-electron chi connectivity index (χ4n) is 3.72. The minimum Gasteiger partial charge on any atom is -0.493 e. The summed E-state index contributed by atoms with van der Waals surface area (Å²) in [7, 11) is 0. The Morgan fingerprint density at radius 1 is 1.29 bits per heavy atom. The molecule has 1 aromatic carbocycles. The van der Waals surface area contributed by atoms with Crippen molar-refractivity contribution in [3.05, 3.63) is 29.8 Å². The van der Waals surface area contributed by atoms with Crippen LogP contribution in [-0.4, -0.2) is 19.2 Å². The normalized spacial score (nSPS) is 34.2. The SMILES string of the molecule is CCNC1C(CC)C2c3ccccc3OCC12. The van der Waals surface area contributed by atoms with E-state index in [0.29, 0.717) is 17.9 Å². The highest BCUT2D eigenvalue weighted by molar-refractivity contribution is 5.41. The molecule has 1 aliphatic carbocycles. The van der Waals surface area contributed by atoms with Crippen molar-refractivity contribution in [3.63, 3.8) is 0 Å². The Hall–Kier alpha value is -1.02. The van der Waals surface area contributed by atoms with Gasteiger partial charge in [-0.05, 0) is 30.0 Å². The van der Waals surface area contributed by atoms with Crippen molar-refractivity contribution < 1.29 is 4.74 Å². The predicted molar refractivity (Wildman–Crippen MR) is 69.4 cm³/mol. The predicted octanol–water partition coefficient (Wildman–Crippen LogP) is 2.80. The number of nitrogens with one attached hydrogen (secondary N) is 1. The Labute approximate surface area is 103 Å². The monoisotopic (exact) mass is 231 g/mol. The molecule has 2 nitrogen and oxygen atoms in total. The molecule has 4 atom stereocenters. The van der Waals surface area contributed by atoms with Crippen molar-refractivity contribution in [2.75, 3.05) is 13.2 Å². The first-order chi connectivity index (χ1) is 8.36. The summed E-state index contributed by atoms with van der Waals surface area (Å²) in [5.74, 6) is 3.29. The zero-order chi connectivity index (χ0) is 11.8. The van der Waals surface area contributed by atoms with Gasteiger partial charge in [-0.2, -0.15) is 0 Å². The van der Waals surface area contributed by atoms with Crippen LogP contribution in [0, 0.1) is 11.8 Å². The maximum atomic E-state index is 5.89. The first-order valence-corrected chi connectivity index (χ1v) is 6.82. The molecule has 0 spiro atoms. The number of ether oxygens (including phenoxy) is 1. The number of fused-ring (bicyclic) bond motifs is 3. The molecular weight excluding hydrogens is 210 g/mol. The van der Waals surface area contributed by atoms with Gasteiger partial charge in [0, 0.05) is 12.0 Å². The van der Waals surface area contributed by atoms with Gasteiger partial charge in [0.2, 0.25) is 0 Å².